The minimum absolute atomic E-state index is 0.0248. The molecule has 4 atom stereocenters. The molecular weight excluding hydrogens is 480 g/mol. The highest BCUT2D eigenvalue weighted by atomic mass is 35.5. The number of rotatable bonds is 4. The molecule has 2 aliphatic carbocycles. The second-order valence-corrected chi connectivity index (χ2v) is 12.4. The topological polar surface area (TPSA) is 46.1 Å². The van der Waals surface area contributed by atoms with E-state index in [4.69, 9.17) is 16.3 Å². The van der Waals surface area contributed by atoms with E-state index in [0.29, 0.717) is 28.8 Å². The van der Waals surface area contributed by atoms with Crippen molar-refractivity contribution < 1.29 is 14.8 Å². The molecular formula is C32H42ClN2O2+. The van der Waals surface area contributed by atoms with Gasteiger partial charge in [-0.05, 0) is 79.5 Å². The van der Waals surface area contributed by atoms with Crippen LogP contribution in [0.4, 0.5) is 0 Å². The third-order valence-electron chi connectivity index (χ3n) is 10.3. The average molecular weight is 522 g/mol. The highest BCUT2D eigenvalue weighted by molar-refractivity contribution is 6.32. The van der Waals surface area contributed by atoms with Crippen LogP contribution in [-0.4, -0.2) is 43.6 Å². The number of benzene rings is 2. The smallest absolute Gasteiger partial charge is 0.232 e. The van der Waals surface area contributed by atoms with Crippen molar-refractivity contribution >= 4 is 17.5 Å². The maximum absolute atomic E-state index is 14.6. The van der Waals surface area contributed by atoms with E-state index < -0.39 is 0 Å². The first-order valence-corrected chi connectivity index (χ1v) is 15.0. The van der Waals surface area contributed by atoms with Gasteiger partial charge in [0.25, 0.3) is 0 Å². The van der Waals surface area contributed by atoms with Crippen LogP contribution in [0.3, 0.4) is 0 Å². The number of quaternary nitrogens is 1. The lowest BCUT2D eigenvalue weighted by atomic mass is 9.63. The number of nitrogens with two attached hydrogens (primary N) is 1. The zero-order valence-electron chi connectivity index (χ0n) is 22.3. The molecule has 1 amide bonds. The van der Waals surface area contributed by atoms with Gasteiger partial charge in [0.05, 0.1) is 30.6 Å². The van der Waals surface area contributed by atoms with Gasteiger partial charge in [0.1, 0.15) is 11.7 Å². The summed E-state index contributed by atoms with van der Waals surface area (Å²) in [7, 11) is 1.72. The summed E-state index contributed by atoms with van der Waals surface area (Å²) in [5.41, 5.74) is 3.89. The van der Waals surface area contributed by atoms with Crippen LogP contribution in [-0.2, 0) is 16.6 Å². The fraction of sp³-hybridized carbons (Fsp3) is 0.594. The van der Waals surface area contributed by atoms with Crippen molar-refractivity contribution in [2.24, 2.45) is 11.8 Å². The van der Waals surface area contributed by atoms with Crippen molar-refractivity contribution in [1.82, 2.24) is 4.90 Å². The van der Waals surface area contributed by atoms with Crippen molar-refractivity contribution in [2.45, 2.75) is 81.6 Å². The molecule has 6 rings (SSSR count). The number of nitrogens with zero attached hydrogens (tertiary/aromatic N) is 1. The number of carbonyl (C=O) groups excluding carboxylic acids is 1. The molecule has 1 saturated carbocycles. The van der Waals surface area contributed by atoms with E-state index in [-0.39, 0.29) is 11.3 Å². The van der Waals surface area contributed by atoms with Crippen molar-refractivity contribution in [3.63, 3.8) is 0 Å². The molecule has 37 heavy (non-hydrogen) atoms. The first-order valence-electron chi connectivity index (χ1n) is 14.7. The van der Waals surface area contributed by atoms with Crippen LogP contribution in [0.2, 0.25) is 5.02 Å². The number of hydrogen-bond acceptors (Lipinski definition) is 2. The van der Waals surface area contributed by atoms with Crippen LogP contribution in [0.5, 0.6) is 5.75 Å². The molecule has 2 heterocycles. The molecule has 0 radical (unpaired) electrons. The molecule has 3 fully saturated rings. The van der Waals surface area contributed by atoms with Crippen LogP contribution in [0, 0.1) is 11.8 Å². The number of ether oxygens (including phenoxy) is 1. The first-order chi connectivity index (χ1) is 18.1. The quantitative estimate of drug-likeness (QED) is 0.579. The minimum Gasteiger partial charge on any atom is -0.495 e. The molecule has 4 nitrogen and oxygen atoms in total. The Labute approximate surface area is 227 Å². The molecule has 2 aliphatic heterocycles. The predicted octanol–water partition coefficient (Wildman–Crippen LogP) is 5.47. The van der Waals surface area contributed by atoms with Crippen molar-refractivity contribution in [3.8, 4) is 5.75 Å². The standard InChI is InChI=1S/C32H41ClN2O2/c1-37-30-25-13-8-17-32(26(25)14-15-28(30)33)21-34-20-27(32)31(36)35-18-16-24(22-9-4-2-5-10-22)19-29(35)23-11-6-3-7-12-23/h2,4-5,9-10,14-15,23-24,27,29,34H,3,6-8,11-13,16-21H2,1H3/p+1/t24-,27+,29+,32?/m1/s1. The Morgan fingerprint density at radius 3 is 2.65 bits per heavy atom. The minimum atomic E-state index is -0.115. The van der Waals surface area contributed by atoms with Gasteiger partial charge in [-0.15, -0.1) is 0 Å². The van der Waals surface area contributed by atoms with Crippen molar-refractivity contribution in [1.29, 1.82) is 0 Å². The zero-order chi connectivity index (χ0) is 25.4. The maximum atomic E-state index is 14.6. The second kappa shape index (κ2) is 10.6. The molecule has 1 unspecified atom stereocenters. The highest BCUT2D eigenvalue weighted by Crippen LogP contribution is 2.49. The number of likely N-dealkylation sites (tertiary alicyclic amines) is 1. The van der Waals surface area contributed by atoms with E-state index in [1.54, 1.807) is 7.11 Å². The summed E-state index contributed by atoms with van der Waals surface area (Å²) in [6, 6.07) is 15.6. The van der Waals surface area contributed by atoms with Gasteiger partial charge in [0, 0.05) is 12.6 Å². The molecule has 4 aliphatic rings. The van der Waals surface area contributed by atoms with Crippen molar-refractivity contribution in [2.75, 3.05) is 26.7 Å². The lowest BCUT2D eigenvalue weighted by Gasteiger charge is -2.47. The fourth-order valence-electron chi connectivity index (χ4n) is 8.50. The molecule has 1 spiro atoms. The largest absolute Gasteiger partial charge is 0.495 e. The molecule has 2 saturated heterocycles. The summed E-state index contributed by atoms with van der Waals surface area (Å²) < 4.78 is 5.77. The lowest BCUT2D eigenvalue weighted by molar-refractivity contribution is -0.640. The monoisotopic (exact) mass is 521 g/mol. The van der Waals surface area contributed by atoms with E-state index in [1.807, 2.05) is 6.07 Å². The van der Waals surface area contributed by atoms with E-state index in [0.717, 1.165) is 57.5 Å². The average Bonchev–Trinajstić information content (AvgIpc) is 3.37. The van der Waals surface area contributed by atoms with Gasteiger partial charge < -0.3 is 15.0 Å². The van der Waals surface area contributed by atoms with Gasteiger partial charge in [-0.25, -0.2) is 0 Å². The van der Waals surface area contributed by atoms with E-state index in [1.165, 1.54) is 48.8 Å². The summed E-state index contributed by atoms with van der Waals surface area (Å²) in [4.78, 5) is 17.0. The van der Waals surface area contributed by atoms with Crippen LogP contribution >= 0.6 is 11.6 Å². The van der Waals surface area contributed by atoms with Gasteiger partial charge in [-0.2, -0.15) is 0 Å². The third kappa shape index (κ3) is 4.48. The molecule has 0 bridgehead atoms. The number of fused-ring (bicyclic) bond motifs is 2. The van der Waals surface area contributed by atoms with Gasteiger partial charge in [0.15, 0.2) is 0 Å². The van der Waals surface area contributed by atoms with E-state index in [9.17, 15) is 4.79 Å². The Balaban J connectivity index is 1.32. The number of halogens is 1. The molecule has 0 aromatic heterocycles. The maximum Gasteiger partial charge on any atom is 0.232 e. The SMILES string of the molecule is COc1c(Cl)ccc2c1CCCC21C[NH2+]C[C@H]1C(=O)N1CC[C@@H](c2ccccc2)C[C@H]1C1CCCCC1. The molecule has 2 aromatic rings. The highest BCUT2D eigenvalue weighted by Gasteiger charge is 2.55. The summed E-state index contributed by atoms with van der Waals surface area (Å²) >= 11 is 6.54. The number of methoxy groups -OCH3 is 1. The first kappa shape index (κ1) is 25.2. The summed E-state index contributed by atoms with van der Waals surface area (Å²) in [5.74, 6) is 2.46. The van der Waals surface area contributed by atoms with E-state index in [2.05, 4.69) is 46.6 Å². The predicted molar refractivity (Wildman–Crippen MR) is 148 cm³/mol. The fourth-order valence-corrected chi connectivity index (χ4v) is 8.76. The summed E-state index contributed by atoms with van der Waals surface area (Å²) in [6.07, 6.45) is 11.9. The van der Waals surface area contributed by atoms with E-state index >= 15 is 0 Å². The molecule has 5 heteroatoms. The zero-order valence-corrected chi connectivity index (χ0v) is 23.0. The third-order valence-corrected chi connectivity index (χ3v) is 10.6. The number of carbonyl (C=O) groups is 1. The normalized spacial score (nSPS) is 30.3. The molecule has 198 valence electrons. The Morgan fingerprint density at radius 2 is 1.86 bits per heavy atom. The second-order valence-electron chi connectivity index (χ2n) is 12.0. The van der Waals surface area contributed by atoms with Gasteiger partial charge in [0.2, 0.25) is 5.91 Å². The Bertz CT molecular complexity index is 1120. The Morgan fingerprint density at radius 1 is 1.05 bits per heavy atom. The van der Waals surface area contributed by atoms with Gasteiger partial charge in [-0.3, -0.25) is 4.79 Å². The van der Waals surface area contributed by atoms with Gasteiger partial charge >= 0.3 is 0 Å². The van der Waals surface area contributed by atoms with Gasteiger partial charge in [-0.1, -0.05) is 67.3 Å². The Kier molecular flexibility index (Phi) is 7.24. The lowest BCUT2D eigenvalue weighted by Crippen LogP contribution is -2.82. The Hall–Kier alpha value is -2.04. The number of amides is 1. The summed E-state index contributed by atoms with van der Waals surface area (Å²) in [6.45, 7) is 2.76. The van der Waals surface area contributed by atoms with Crippen LogP contribution < -0.4 is 10.1 Å². The van der Waals surface area contributed by atoms with Crippen molar-refractivity contribution in [3.05, 3.63) is 64.2 Å². The van der Waals surface area contributed by atoms with Crippen LogP contribution in [0.15, 0.2) is 42.5 Å². The van der Waals surface area contributed by atoms with Crippen LogP contribution in [0.1, 0.15) is 80.4 Å². The number of hydrogen-bond donors (Lipinski definition) is 1. The number of piperidine rings is 1. The molecule has 2 aromatic carbocycles. The van der Waals surface area contributed by atoms with Crippen LogP contribution in [0.25, 0.3) is 0 Å². The summed E-state index contributed by atoms with van der Waals surface area (Å²) in [5, 5.41) is 3.08. The molecule has 2 N–H and O–H groups in total.